The molecule has 2 aromatic rings. The van der Waals surface area contributed by atoms with Gasteiger partial charge in [0.15, 0.2) is 0 Å². The third-order valence-corrected chi connectivity index (χ3v) is 5.17. The number of esters is 1. The van der Waals surface area contributed by atoms with E-state index in [9.17, 15) is 4.79 Å². The lowest BCUT2D eigenvalue weighted by molar-refractivity contribution is 0.0520. The predicted octanol–water partition coefficient (Wildman–Crippen LogP) is 3.71. The van der Waals surface area contributed by atoms with Gasteiger partial charge in [0.25, 0.3) is 0 Å². The first-order chi connectivity index (χ1) is 10.8. The fraction of sp³-hybridized carbons (Fsp3) is 0.421. The molecule has 1 aromatic heterocycles. The summed E-state index contributed by atoms with van der Waals surface area (Å²) in [5.74, 6) is 2.02. The molecule has 0 amide bonds. The largest absolute Gasteiger partial charge is 0.461 e. The number of hydrogen-bond donors (Lipinski definition) is 1. The van der Waals surface area contributed by atoms with Gasteiger partial charge in [0.2, 0.25) is 0 Å². The first kappa shape index (κ1) is 13.6. The molecule has 3 heteroatoms. The molecule has 1 saturated carbocycles. The number of fused-ring (bicyclic) bond motifs is 3. The second-order valence-corrected chi connectivity index (χ2v) is 6.42. The second kappa shape index (κ2) is 5.31. The average molecular weight is 295 g/mol. The van der Waals surface area contributed by atoms with Gasteiger partial charge >= 0.3 is 5.97 Å². The van der Waals surface area contributed by atoms with Gasteiger partial charge in [-0.3, -0.25) is 0 Å². The van der Waals surface area contributed by atoms with Crippen molar-refractivity contribution in [3.63, 3.8) is 0 Å². The third kappa shape index (κ3) is 2.25. The van der Waals surface area contributed by atoms with E-state index in [1.807, 2.05) is 13.0 Å². The summed E-state index contributed by atoms with van der Waals surface area (Å²) < 4.78 is 5.08. The summed E-state index contributed by atoms with van der Waals surface area (Å²) in [5, 5.41) is 0. The van der Waals surface area contributed by atoms with Crippen molar-refractivity contribution in [2.24, 2.45) is 11.8 Å². The summed E-state index contributed by atoms with van der Waals surface area (Å²) in [4.78, 5) is 15.1. The minimum absolute atomic E-state index is 0.227. The molecule has 1 heterocycles. The Morgan fingerprint density at radius 1 is 1.32 bits per heavy atom. The molecule has 4 rings (SSSR count). The topological polar surface area (TPSA) is 42.1 Å². The number of carbonyl (C=O) groups is 1. The summed E-state index contributed by atoms with van der Waals surface area (Å²) >= 11 is 0. The fourth-order valence-corrected chi connectivity index (χ4v) is 4.09. The molecule has 114 valence electrons. The monoisotopic (exact) mass is 295 g/mol. The van der Waals surface area contributed by atoms with Gasteiger partial charge in [-0.15, -0.1) is 0 Å². The highest BCUT2D eigenvalue weighted by molar-refractivity contribution is 5.88. The van der Waals surface area contributed by atoms with Crippen LogP contribution < -0.4 is 0 Å². The predicted molar refractivity (Wildman–Crippen MR) is 84.9 cm³/mol. The molecule has 3 atom stereocenters. The Kier molecular flexibility index (Phi) is 3.29. The van der Waals surface area contributed by atoms with Crippen LogP contribution >= 0.6 is 0 Å². The minimum atomic E-state index is -0.227. The van der Waals surface area contributed by atoms with Crippen molar-refractivity contribution in [1.82, 2.24) is 4.98 Å². The number of carbonyl (C=O) groups excluding carboxylic acids is 1. The number of hydrogen-bond acceptors (Lipinski definition) is 2. The summed E-state index contributed by atoms with van der Waals surface area (Å²) in [6, 6.07) is 12.7. The molecule has 3 nitrogen and oxygen atoms in total. The zero-order valence-electron chi connectivity index (χ0n) is 12.8. The lowest BCUT2D eigenvalue weighted by atomic mass is 10.0. The van der Waals surface area contributed by atoms with E-state index in [0.717, 1.165) is 24.7 Å². The fourth-order valence-electron chi connectivity index (χ4n) is 4.09. The molecule has 2 aliphatic rings. The standard InChI is InChI=1S/C19H21NO2/c1-2-22-19(21)17-11-15-16(20-17)10-14-13(18(14)15)9-8-12-6-4-3-5-7-12/h3-7,11,13-14,18,20H,2,8-10H2,1H3/t13?,14-,18+/m1/s1. The third-order valence-electron chi connectivity index (χ3n) is 5.17. The lowest BCUT2D eigenvalue weighted by Gasteiger charge is -2.04. The lowest BCUT2D eigenvalue weighted by Crippen LogP contribution is -2.05. The van der Waals surface area contributed by atoms with Crippen LogP contribution in [0.25, 0.3) is 0 Å². The Bertz CT molecular complexity index is 689. The molecule has 1 aromatic carbocycles. The van der Waals surface area contributed by atoms with Crippen molar-refractivity contribution in [1.29, 1.82) is 0 Å². The molecule has 2 aliphatic carbocycles. The van der Waals surface area contributed by atoms with Crippen LogP contribution in [0, 0.1) is 11.8 Å². The van der Waals surface area contributed by atoms with Gasteiger partial charge in [0, 0.05) is 5.69 Å². The van der Waals surface area contributed by atoms with Gasteiger partial charge in [0.1, 0.15) is 5.69 Å². The van der Waals surface area contributed by atoms with Crippen LogP contribution in [-0.2, 0) is 17.6 Å². The van der Waals surface area contributed by atoms with E-state index < -0.39 is 0 Å². The van der Waals surface area contributed by atoms with Crippen LogP contribution in [0.15, 0.2) is 36.4 Å². The highest BCUT2D eigenvalue weighted by atomic mass is 16.5. The molecule has 22 heavy (non-hydrogen) atoms. The maximum absolute atomic E-state index is 11.8. The van der Waals surface area contributed by atoms with Gasteiger partial charge < -0.3 is 9.72 Å². The molecular formula is C19H21NO2. The van der Waals surface area contributed by atoms with Crippen molar-refractivity contribution in [2.45, 2.75) is 32.1 Å². The number of nitrogens with one attached hydrogen (secondary N) is 1. The van der Waals surface area contributed by atoms with Crippen LogP contribution in [0.3, 0.4) is 0 Å². The summed E-state index contributed by atoms with van der Waals surface area (Å²) in [5.41, 5.74) is 4.67. The summed E-state index contributed by atoms with van der Waals surface area (Å²) in [6.07, 6.45) is 3.50. The molecule has 1 N–H and O–H groups in total. The Morgan fingerprint density at radius 3 is 2.91 bits per heavy atom. The molecule has 0 spiro atoms. The molecular weight excluding hydrogens is 274 g/mol. The molecule has 0 radical (unpaired) electrons. The SMILES string of the molecule is CCOC(=O)c1cc2c([nH]1)C[C@@H]1C(CCc3ccccc3)[C@H]21. The van der Waals surface area contributed by atoms with E-state index >= 15 is 0 Å². The van der Waals surface area contributed by atoms with Crippen molar-refractivity contribution >= 4 is 5.97 Å². The number of benzene rings is 1. The van der Waals surface area contributed by atoms with Crippen LogP contribution in [0.4, 0.5) is 0 Å². The maximum Gasteiger partial charge on any atom is 0.354 e. The first-order valence-electron chi connectivity index (χ1n) is 8.20. The van der Waals surface area contributed by atoms with E-state index in [1.165, 1.54) is 23.2 Å². The van der Waals surface area contributed by atoms with Crippen LogP contribution in [-0.4, -0.2) is 17.6 Å². The normalized spacial score (nSPS) is 24.7. The van der Waals surface area contributed by atoms with Crippen LogP contribution in [0.5, 0.6) is 0 Å². The minimum Gasteiger partial charge on any atom is -0.461 e. The van der Waals surface area contributed by atoms with E-state index in [2.05, 4.69) is 35.3 Å². The molecule has 0 aliphatic heterocycles. The van der Waals surface area contributed by atoms with Crippen molar-refractivity contribution < 1.29 is 9.53 Å². The van der Waals surface area contributed by atoms with Gasteiger partial charge in [-0.25, -0.2) is 4.79 Å². The number of H-pyrrole nitrogens is 1. The Labute approximate surface area is 130 Å². The summed E-state index contributed by atoms with van der Waals surface area (Å²) in [7, 11) is 0. The number of aromatic amines is 1. The highest BCUT2D eigenvalue weighted by Gasteiger charge is 2.55. The quantitative estimate of drug-likeness (QED) is 0.854. The number of aryl methyl sites for hydroxylation is 1. The van der Waals surface area contributed by atoms with E-state index in [-0.39, 0.29) is 5.97 Å². The summed E-state index contributed by atoms with van der Waals surface area (Å²) in [6.45, 7) is 2.26. The van der Waals surface area contributed by atoms with Crippen molar-refractivity contribution in [2.75, 3.05) is 6.61 Å². The van der Waals surface area contributed by atoms with Gasteiger partial charge in [-0.2, -0.15) is 0 Å². The molecule has 1 unspecified atom stereocenters. The van der Waals surface area contributed by atoms with Crippen molar-refractivity contribution in [3.8, 4) is 0 Å². The molecule has 1 fully saturated rings. The van der Waals surface area contributed by atoms with Gasteiger partial charge in [-0.1, -0.05) is 30.3 Å². The Balaban J connectivity index is 1.41. The molecule has 0 saturated heterocycles. The Hall–Kier alpha value is -2.03. The maximum atomic E-state index is 11.8. The molecule has 0 bridgehead atoms. The van der Waals surface area contributed by atoms with Crippen LogP contribution in [0.1, 0.15) is 46.6 Å². The van der Waals surface area contributed by atoms with E-state index in [0.29, 0.717) is 18.2 Å². The zero-order chi connectivity index (χ0) is 15.1. The first-order valence-corrected chi connectivity index (χ1v) is 8.20. The van der Waals surface area contributed by atoms with E-state index in [4.69, 9.17) is 4.74 Å². The van der Waals surface area contributed by atoms with E-state index in [1.54, 1.807) is 0 Å². The van der Waals surface area contributed by atoms with Crippen LogP contribution in [0.2, 0.25) is 0 Å². The highest BCUT2D eigenvalue weighted by Crippen LogP contribution is 2.63. The van der Waals surface area contributed by atoms with Gasteiger partial charge in [-0.05, 0) is 61.1 Å². The smallest absolute Gasteiger partial charge is 0.354 e. The van der Waals surface area contributed by atoms with Crippen molar-refractivity contribution in [3.05, 3.63) is 58.9 Å². The number of rotatable bonds is 5. The number of ether oxygens (including phenoxy) is 1. The van der Waals surface area contributed by atoms with Gasteiger partial charge in [0.05, 0.1) is 6.61 Å². The second-order valence-electron chi connectivity index (χ2n) is 6.42. The average Bonchev–Trinajstić information content (AvgIpc) is 2.87. The zero-order valence-corrected chi connectivity index (χ0v) is 12.8. The number of aromatic nitrogens is 1. The Morgan fingerprint density at radius 2 is 2.14 bits per heavy atom.